The molecule has 1 N–H and O–H groups in total. The van der Waals surface area contributed by atoms with E-state index >= 15 is 0 Å². The maximum atomic E-state index is 12.6. The first-order chi connectivity index (χ1) is 11.6. The van der Waals surface area contributed by atoms with Crippen LogP contribution >= 0.6 is 0 Å². The van der Waals surface area contributed by atoms with E-state index in [1.165, 1.54) is 10.9 Å². The van der Waals surface area contributed by atoms with Gasteiger partial charge >= 0.3 is 0 Å². The molecule has 0 spiro atoms. The summed E-state index contributed by atoms with van der Waals surface area (Å²) in [4.78, 5) is 24.4. The Morgan fingerprint density at radius 2 is 1.92 bits per heavy atom. The Hall–Kier alpha value is -3.46. The number of aromatic nitrogens is 2. The van der Waals surface area contributed by atoms with Crippen LogP contribution < -0.4 is 10.7 Å². The van der Waals surface area contributed by atoms with E-state index in [1.54, 1.807) is 55.5 Å². The van der Waals surface area contributed by atoms with Gasteiger partial charge < -0.3 is 5.32 Å². The fraction of sp³-hybridized carbons (Fsp3) is 0.111. The van der Waals surface area contributed by atoms with Crippen molar-refractivity contribution in [2.24, 2.45) is 0 Å². The fourth-order valence-corrected chi connectivity index (χ4v) is 2.47. The van der Waals surface area contributed by atoms with Gasteiger partial charge in [0, 0.05) is 5.39 Å². The number of benzene rings is 2. The number of nitriles is 1. The van der Waals surface area contributed by atoms with Crippen LogP contribution in [-0.2, 0) is 4.79 Å². The summed E-state index contributed by atoms with van der Waals surface area (Å²) in [5, 5.41) is 16.4. The predicted molar refractivity (Wildman–Crippen MR) is 90.5 cm³/mol. The molecule has 1 atom stereocenters. The highest BCUT2D eigenvalue weighted by molar-refractivity contribution is 5.95. The standard InChI is InChI=1S/C18H14N4O2/c1-12(18(24)21-15-8-4-2-6-13(15)10-19)22-16-9-5-3-7-14(16)17(23)11-20-22/h2-9,11-12H,1H3,(H,21,24)/t12-/m0/s1. The van der Waals surface area contributed by atoms with Gasteiger partial charge in [-0.05, 0) is 31.2 Å². The summed E-state index contributed by atoms with van der Waals surface area (Å²) in [6, 6.07) is 15.2. The molecule has 0 saturated carbocycles. The SMILES string of the molecule is C[C@@H](C(=O)Nc1ccccc1C#N)n1ncc(=O)c2ccccc21. The van der Waals surface area contributed by atoms with Crippen molar-refractivity contribution in [2.75, 3.05) is 5.32 Å². The van der Waals surface area contributed by atoms with Crippen molar-refractivity contribution >= 4 is 22.5 Å². The molecule has 0 radical (unpaired) electrons. The Kier molecular flexibility index (Phi) is 4.08. The summed E-state index contributed by atoms with van der Waals surface area (Å²) in [7, 11) is 0. The second kappa shape index (κ2) is 6.34. The van der Waals surface area contributed by atoms with Crippen molar-refractivity contribution in [3.8, 4) is 6.07 Å². The highest BCUT2D eigenvalue weighted by Gasteiger charge is 2.18. The molecule has 0 aliphatic heterocycles. The maximum Gasteiger partial charge on any atom is 0.249 e. The Balaban J connectivity index is 1.96. The van der Waals surface area contributed by atoms with Crippen LogP contribution in [0.4, 0.5) is 5.69 Å². The highest BCUT2D eigenvalue weighted by Crippen LogP contribution is 2.18. The zero-order chi connectivity index (χ0) is 17.1. The van der Waals surface area contributed by atoms with Crippen molar-refractivity contribution in [2.45, 2.75) is 13.0 Å². The maximum absolute atomic E-state index is 12.6. The Morgan fingerprint density at radius 3 is 2.71 bits per heavy atom. The fourth-order valence-electron chi connectivity index (χ4n) is 2.47. The van der Waals surface area contributed by atoms with Gasteiger partial charge in [-0.2, -0.15) is 10.4 Å². The van der Waals surface area contributed by atoms with Crippen LogP contribution in [0.3, 0.4) is 0 Å². The lowest BCUT2D eigenvalue weighted by molar-refractivity contribution is -0.119. The lowest BCUT2D eigenvalue weighted by atomic mass is 10.1. The number of hydrogen-bond acceptors (Lipinski definition) is 4. The summed E-state index contributed by atoms with van der Waals surface area (Å²) >= 11 is 0. The van der Waals surface area contributed by atoms with E-state index in [0.717, 1.165) is 0 Å². The van der Waals surface area contributed by atoms with Gasteiger partial charge in [0.15, 0.2) is 0 Å². The van der Waals surface area contributed by atoms with Crippen LogP contribution in [-0.4, -0.2) is 15.7 Å². The molecule has 6 nitrogen and oxygen atoms in total. The van der Waals surface area contributed by atoms with E-state index in [2.05, 4.69) is 10.4 Å². The molecule has 6 heteroatoms. The monoisotopic (exact) mass is 318 g/mol. The second-order valence-corrected chi connectivity index (χ2v) is 5.29. The molecule has 1 aromatic heterocycles. The molecule has 2 aromatic carbocycles. The van der Waals surface area contributed by atoms with Gasteiger partial charge in [0.25, 0.3) is 0 Å². The minimum atomic E-state index is -0.651. The topological polar surface area (TPSA) is 87.8 Å². The zero-order valence-electron chi connectivity index (χ0n) is 12.9. The number of rotatable bonds is 3. The Labute approximate surface area is 138 Å². The van der Waals surface area contributed by atoms with Crippen LogP contribution in [0.1, 0.15) is 18.5 Å². The van der Waals surface area contributed by atoms with Gasteiger partial charge in [0.05, 0.1) is 23.0 Å². The first kappa shape index (κ1) is 15.4. The quantitative estimate of drug-likeness (QED) is 0.803. The molecule has 3 rings (SSSR count). The molecule has 118 valence electrons. The van der Waals surface area contributed by atoms with E-state index in [4.69, 9.17) is 5.26 Å². The van der Waals surface area contributed by atoms with Gasteiger partial charge in [-0.25, -0.2) is 0 Å². The molecule has 0 fully saturated rings. The zero-order valence-corrected chi connectivity index (χ0v) is 12.9. The lowest BCUT2D eigenvalue weighted by Crippen LogP contribution is -2.27. The Bertz CT molecular complexity index is 1020. The third-order valence-corrected chi connectivity index (χ3v) is 3.77. The summed E-state index contributed by atoms with van der Waals surface area (Å²) in [5.41, 5.74) is 1.23. The van der Waals surface area contributed by atoms with Crippen LogP contribution in [0.25, 0.3) is 10.9 Å². The van der Waals surface area contributed by atoms with Crippen molar-refractivity contribution in [3.63, 3.8) is 0 Å². The van der Waals surface area contributed by atoms with Crippen molar-refractivity contribution < 1.29 is 4.79 Å². The number of hydrogen-bond donors (Lipinski definition) is 1. The third kappa shape index (κ3) is 2.75. The lowest BCUT2D eigenvalue weighted by Gasteiger charge is -2.17. The minimum absolute atomic E-state index is 0.190. The van der Waals surface area contributed by atoms with E-state index in [9.17, 15) is 9.59 Å². The Morgan fingerprint density at radius 1 is 1.21 bits per heavy atom. The molecule has 3 aromatic rings. The first-order valence-corrected chi connectivity index (χ1v) is 7.38. The van der Waals surface area contributed by atoms with Gasteiger partial charge in [-0.1, -0.05) is 24.3 Å². The summed E-state index contributed by atoms with van der Waals surface area (Å²) in [6.45, 7) is 1.69. The number of fused-ring (bicyclic) bond motifs is 1. The molecular formula is C18H14N4O2. The minimum Gasteiger partial charge on any atom is -0.323 e. The largest absolute Gasteiger partial charge is 0.323 e. The van der Waals surface area contributed by atoms with Crippen molar-refractivity contribution in [1.29, 1.82) is 5.26 Å². The smallest absolute Gasteiger partial charge is 0.249 e. The molecule has 0 unspecified atom stereocenters. The molecule has 0 aliphatic carbocycles. The molecule has 0 bridgehead atoms. The molecule has 1 heterocycles. The van der Waals surface area contributed by atoms with E-state index in [0.29, 0.717) is 22.2 Å². The first-order valence-electron chi connectivity index (χ1n) is 7.38. The van der Waals surface area contributed by atoms with E-state index in [1.807, 2.05) is 6.07 Å². The molecule has 24 heavy (non-hydrogen) atoms. The molecule has 0 saturated heterocycles. The highest BCUT2D eigenvalue weighted by atomic mass is 16.2. The van der Waals surface area contributed by atoms with Crippen LogP contribution in [0.5, 0.6) is 0 Å². The van der Waals surface area contributed by atoms with Crippen molar-refractivity contribution in [1.82, 2.24) is 9.78 Å². The molecule has 1 amide bonds. The second-order valence-electron chi connectivity index (χ2n) is 5.29. The van der Waals surface area contributed by atoms with Gasteiger partial charge in [-0.15, -0.1) is 0 Å². The van der Waals surface area contributed by atoms with Crippen molar-refractivity contribution in [3.05, 3.63) is 70.5 Å². The number of amides is 1. The normalized spacial score (nSPS) is 11.7. The summed E-state index contributed by atoms with van der Waals surface area (Å²) in [6.07, 6.45) is 1.20. The van der Waals surface area contributed by atoms with Crippen LogP contribution in [0, 0.1) is 11.3 Å². The van der Waals surface area contributed by atoms with E-state index < -0.39 is 6.04 Å². The number of anilines is 1. The average Bonchev–Trinajstić information content (AvgIpc) is 2.62. The average molecular weight is 318 g/mol. The number of carbonyl (C=O) groups excluding carboxylic acids is 1. The third-order valence-electron chi connectivity index (χ3n) is 3.77. The van der Waals surface area contributed by atoms with Gasteiger partial charge in [0.1, 0.15) is 12.1 Å². The number of nitrogens with one attached hydrogen (secondary N) is 1. The number of carbonyl (C=O) groups is 1. The number of para-hydroxylation sites is 2. The van der Waals surface area contributed by atoms with Gasteiger partial charge in [-0.3, -0.25) is 14.3 Å². The summed E-state index contributed by atoms with van der Waals surface area (Å²) < 4.78 is 1.50. The van der Waals surface area contributed by atoms with Crippen LogP contribution in [0.2, 0.25) is 0 Å². The van der Waals surface area contributed by atoms with Gasteiger partial charge in [0.2, 0.25) is 11.3 Å². The van der Waals surface area contributed by atoms with E-state index in [-0.39, 0.29) is 11.3 Å². The van der Waals surface area contributed by atoms with Crippen LogP contribution in [0.15, 0.2) is 59.5 Å². The predicted octanol–water partition coefficient (Wildman–Crippen LogP) is 2.47. The molecule has 0 aliphatic rings. The number of nitrogens with zero attached hydrogens (tertiary/aromatic N) is 3. The summed E-state index contributed by atoms with van der Waals surface area (Å²) in [5.74, 6) is -0.320. The molecular weight excluding hydrogens is 304 g/mol.